The summed E-state index contributed by atoms with van der Waals surface area (Å²) in [7, 11) is 1.93. The van der Waals surface area contributed by atoms with Crippen LogP contribution in [0.25, 0.3) is 0 Å². The molecule has 0 aliphatic heterocycles. The molecular weight excluding hydrogens is 294 g/mol. The second-order valence-electron chi connectivity index (χ2n) is 10.1. The maximum atomic E-state index is 9.71. The van der Waals surface area contributed by atoms with Gasteiger partial charge < -0.3 is 4.74 Å². The van der Waals surface area contributed by atoms with Crippen molar-refractivity contribution in [1.29, 1.82) is 5.26 Å². The van der Waals surface area contributed by atoms with Crippen molar-refractivity contribution in [2.24, 2.45) is 46.3 Å². The van der Waals surface area contributed by atoms with Crippen molar-refractivity contribution in [2.45, 2.75) is 78.2 Å². The molecule has 0 amide bonds. The Hall–Kier alpha value is -0.550. The lowest BCUT2D eigenvalue weighted by Crippen LogP contribution is -2.59. The summed E-state index contributed by atoms with van der Waals surface area (Å²) in [5.74, 6) is 4.29. The molecule has 2 nitrogen and oxygen atoms in total. The number of nitrogens with zero attached hydrogens (tertiary/aromatic N) is 1. The average Bonchev–Trinajstić information content (AvgIpc) is 2.89. The van der Waals surface area contributed by atoms with E-state index in [1.807, 2.05) is 7.11 Å². The highest BCUT2D eigenvalue weighted by atomic mass is 16.5. The molecule has 4 aliphatic carbocycles. The Morgan fingerprint density at radius 3 is 2.46 bits per heavy atom. The minimum absolute atomic E-state index is 0.195. The Balaban J connectivity index is 1.72. The first kappa shape index (κ1) is 16.9. The van der Waals surface area contributed by atoms with Gasteiger partial charge in [0.15, 0.2) is 0 Å². The van der Waals surface area contributed by atoms with E-state index in [9.17, 15) is 5.26 Å². The van der Waals surface area contributed by atoms with Crippen LogP contribution in [0, 0.1) is 57.7 Å². The Kier molecular flexibility index (Phi) is 4.03. The minimum atomic E-state index is 0.195. The molecule has 134 valence electrons. The van der Waals surface area contributed by atoms with Crippen molar-refractivity contribution in [2.75, 3.05) is 7.11 Å². The highest BCUT2D eigenvalue weighted by Crippen LogP contribution is 2.68. The first-order valence-corrected chi connectivity index (χ1v) is 10.4. The number of methoxy groups -OCH3 is 1. The zero-order chi connectivity index (χ0) is 17.1. The van der Waals surface area contributed by atoms with Gasteiger partial charge in [0.25, 0.3) is 0 Å². The molecule has 0 bridgehead atoms. The summed E-state index contributed by atoms with van der Waals surface area (Å²) in [5, 5.41) is 9.71. The summed E-state index contributed by atoms with van der Waals surface area (Å²) < 4.78 is 6.17. The van der Waals surface area contributed by atoms with Crippen molar-refractivity contribution < 1.29 is 4.74 Å². The lowest BCUT2D eigenvalue weighted by molar-refractivity contribution is -0.183. The van der Waals surface area contributed by atoms with E-state index in [4.69, 9.17) is 4.74 Å². The number of hydrogen-bond acceptors (Lipinski definition) is 2. The molecule has 24 heavy (non-hydrogen) atoms. The Morgan fingerprint density at radius 2 is 1.75 bits per heavy atom. The van der Waals surface area contributed by atoms with Crippen LogP contribution in [-0.4, -0.2) is 13.2 Å². The normalized spacial score (nSPS) is 56.7. The molecule has 0 aromatic rings. The largest absolute Gasteiger partial charge is 0.381 e. The molecule has 2 heteroatoms. The van der Waals surface area contributed by atoms with Gasteiger partial charge in [-0.05, 0) is 78.9 Å². The van der Waals surface area contributed by atoms with Crippen molar-refractivity contribution in [3.63, 3.8) is 0 Å². The SMILES string of the molecule is COC1CC2(C)C(C#N)CCC2C2CCC3C(C)CCCC3(C)C12. The fourth-order valence-corrected chi connectivity index (χ4v) is 8.33. The van der Waals surface area contributed by atoms with Crippen LogP contribution in [0.5, 0.6) is 0 Å². The highest BCUT2D eigenvalue weighted by Gasteiger charge is 2.63. The molecule has 0 radical (unpaired) electrons. The van der Waals surface area contributed by atoms with E-state index in [1.165, 1.54) is 38.5 Å². The smallest absolute Gasteiger partial charge is 0.0661 e. The van der Waals surface area contributed by atoms with Crippen molar-refractivity contribution in [3.8, 4) is 6.07 Å². The van der Waals surface area contributed by atoms with Crippen LogP contribution >= 0.6 is 0 Å². The van der Waals surface area contributed by atoms with Gasteiger partial charge >= 0.3 is 0 Å². The summed E-state index contributed by atoms with van der Waals surface area (Å²) >= 11 is 0. The van der Waals surface area contributed by atoms with Crippen LogP contribution in [0.15, 0.2) is 0 Å². The molecule has 0 spiro atoms. The molecule has 4 aliphatic rings. The average molecular weight is 330 g/mol. The monoisotopic (exact) mass is 329 g/mol. The first-order chi connectivity index (χ1) is 11.5. The summed E-state index contributed by atoms with van der Waals surface area (Å²) in [5.41, 5.74) is 0.660. The summed E-state index contributed by atoms with van der Waals surface area (Å²) in [6.45, 7) is 7.52. The zero-order valence-corrected chi connectivity index (χ0v) is 16.1. The lowest BCUT2D eigenvalue weighted by Gasteiger charge is -2.63. The Bertz CT molecular complexity index is 539. The van der Waals surface area contributed by atoms with Crippen LogP contribution in [0.3, 0.4) is 0 Å². The third-order valence-corrected chi connectivity index (χ3v) is 9.37. The third kappa shape index (κ3) is 2.09. The molecule has 0 heterocycles. The molecule has 0 aromatic carbocycles. The fourth-order valence-electron chi connectivity index (χ4n) is 8.33. The second-order valence-corrected chi connectivity index (χ2v) is 10.1. The predicted molar refractivity (Wildman–Crippen MR) is 96.2 cm³/mol. The van der Waals surface area contributed by atoms with E-state index in [0.717, 1.165) is 42.4 Å². The van der Waals surface area contributed by atoms with Crippen LogP contribution in [0.1, 0.15) is 72.1 Å². The summed E-state index contributed by atoms with van der Waals surface area (Å²) in [6.07, 6.45) is 10.9. The second kappa shape index (κ2) is 5.73. The van der Waals surface area contributed by atoms with Gasteiger partial charge in [-0.3, -0.25) is 0 Å². The van der Waals surface area contributed by atoms with E-state index in [0.29, 0.717) is 11.5 Å². The van der Waals surface area contributed by atoms with Gasteiger partial charge in [0.1, 0.15) is 0 Å². The van der Waals surface area contributed by atoms with Crippen LogP contribution in [-0.2, 0) is 4.74 Å². The van der Waals surface area contributed by atoms with Crippen LogP contribution < -0.4 is 0 Å². The Morgan fingerprint density at radius 1 is 1.00 bits per heavy atom. The van der Waals surface area contributed by atoms with E-state index in [-0.39, 0.29) is 11.3 Å². The van der Waals surface area contributed by atoms with Crippen molar-refractivity contribution in [3.05, 3.63) is 0 Å². The fraction of sp³-hybridized carbons (Fsp3) is 0.955. The van der Waals surface area contributed by atoms with Gasteiger partial charge in [-0.2, -0.15) is 5.26 Å². The van der Waals surface area contributed by atoms with E-state index < -0.39 is 0 Å². The molecule has 9 atom stereocenters. The van der Waals surface area contributed by atoms with E-state index in [1.54, 1.807) is 0 Å². The predicted octanol–water partition coefficient (Wildman–Crippen LogP) is 5.43. The standard InChI is InChI=1S/C22H35NO/c1-14-6-5-11-21(2)17(14)10-8-16-18-9-7-15(13-23)22(18,3)12-19(24-4)20(16)21/h14-20H,5-12H2,1-4H3. The molecule has 4 fully saturated rings. The third-order valence-electron chi connectivity index (χ3n) is 9.37. The highest BCUT2D eigenvalue weighted by molar-refractivity contribution is 5.15. The summed E-state index contributed by atoms with van der Waals surface area (Å²) in [6, 6.07) is 2.66. The summed E-state index contributed by atoms with van der Waals surface area (Å²) in [4.78, 5) is 0. The quantitative estimate of drug-likeness (QED) is 0.642. The molecule has 4 saturated carbocycles. The van der Waals surface area contributed by atoms with Crippen LogP contribution in [0.4, 0.5) is 0 Å². The number of hydrogen-bond donors (Lipinski definition) is 0. The molecule has 0 aromatic heterocycles. The maximum Gasteiger partial charge on any atom is 0.0661 e. The van der Waals surface area contributed by atoms with Gasteiger partial charge in [-0.15, -0.1) is 0 Å². The number of nitriles is 1. The van der Waals surface area contributed by atoms with Gasteiger partial charge in [0.05, 0.1) is 18.1 Å². The van der Waals surface area contributed by atoms with Crippen molar-refractivity contribution in [1.82, 2.24) is 0 Å². The topological polar surface area (TPSA) is 33.0 Å². The maximum absolute atomic E-state index is 9.71. The van der Waals surface area contributed by atoms with E-state index in [2.05, 4.69) is 26.8 Å². The number of rotatable bonds is 1. The van der Waals surface area contributed by atoms with Crippen molar-refractivity contribution >= 4 is 0 Å². The number of fused-ring (bicyclic) bond motifs is 5. The molecule has 4 rings (SSSR count). The molecular formula is C22H35NO. The molecule has 9 unspecified atom stereocenters. The van der Waals surface area contributed by atoms with Gasteiger partial charge in [-0.1, -0.05) is 33.6 Å². The minimum Gasteiger partial charge on any atom is -0.381 e. The molecule has 0 saturated heterocycles. The van der Waals surface area contributed by atoms with Gasteiger partial charge in [0.2, 0.25) is 0 Å². The van der Waals surface area contributed by atoms with E-state index >= 15 is 0 Å². The Labute approximate surface area is 148 Å². The zero-order valence-electron chi connectivity index (χ0n) is 16.1. The lowest BCUT2D eigenvalue weighted by atomic mass is 9.43. The van der Waals surface area contributed by atoms with Crippen LogP contribution in [0.2, 0.25) is 0 Å². The molecule has 0 N–H and O–H groups in total. The van der Waals surface area contributed by atoms with Gasteiger partial charge in [-0.25, -0.2) is 0 Å². The van der Waals surface area contributed by atoms with Gasteiger partial charge in [0, 0.05) is 7.11 Å². The first-order valence-electron chi connectivity index (χ1n) is 10.4. The number of ether oxygens (including phenoxy) is 1.